The fraction of sp³-hybridized carbons (Fsp3) is 0.312. The molecule has 2 N–H and O–H groups in total. The van der Waals surface area contributed by atoms with Crippen molar-refractivity contribution in [1.82, 2.24) is 30.7 Å². The minimum Gasteiger partial charge on any atom is -0.349 e. The Morgan fingerprint density at radius 1 is 1.25 bits per heavy atom. The van der Waals surface area contributed by atoms with Crippen LogP contribution in [0.4, 0.5) is 0 Å². The molecule has 8 nitrogen and oxygen atoms in total. The lowest BCUT2D eigenvalue weighted by Gasteiger charge is -2.34. The van der Waals surface area contributed by atoms with Crippen LogP contribution in [0.25, 0.3) is 0 Å². The van der Waals surface area contributed by atoms with Crippen molar-refractivity contribution in [2.45, 2.75) is 12.6 Å². The number of rotatable bonds is 4. The van der Waals surface area contributed by atoms with Gasteiger partial charge >= 0.3 is 0 Å². The van der Waals surface area contributed by atoms with Crippen LogP contribution >= 0.6 is 0 Å². The van der Waals surface area contributed by atoms with Crippen LogP contribution in [0.2, 0.25) is 0 Å². The van der Waals surface area contributed by atoms with Crippen LogP contribution < -0.4 is 10.6 Å². The molecule has 2 aromatic rings. The van der Waals surface area contributed by atoms with Crippen molar-refractivity contribution in [2.75, 3.05) is 19.6 Å². The number of hydrogen-bond donors (Lipinski definition) is 2. The molecule has 0 unspecified atom stereocenters. The molecule has 1 saturated heterocycles. The van der Waals surface area contributed by atoms with Crippen LogP contribution in [0.1, 0.15) is 16.2 Å². The Labute approximate surface area is 139 Å². The number of nitrogens with zero attached hydrogens (tertiary/aromatic N) is 4. The molecule has 124 valence electrons. The normalized spacial score (nSPS) is 17.3. The highest BCUT2D eigenvalue weighted by Gasteiger charge is 2.33. The first-order valence-corrected chi connectivity index (χ1v) is 7.73. The second-order valence-corrected chi connectivity index (χ2v) is 5.37. The Hall–Kier alpha value is -2.87. The lowest BCUT2D eigenvalue weighted by molar-refractivity contribution is -0.126. The van der Waals surface area contributed by atoms with Gasteiger partial charge in [0.05, 0.1) is 12.2 Å². The maximum atomic E-state index is 12.6. The molecule has 0 bridgehead atoms. The summed E-state index contributed by atoms with van der Waals surface area (Å²) in [4.78, 5) is 30.8. The highest BCUT2D eigenvalue weighted by atomic mass is 16.2. The van der Waals surface area contributed by atoms with Gasteiger partial charge < -0.3 is 15.5 Å². The van der Waals surface area contributed by atoms with Gasteiger partial charge in [0, 0.05) is 32.0 Å². The molecule has 8 heteroatoms. The number of carbonyl (C=O) groups excluding carboxylic acids is 2. The van der Waals surface area contributed by atoms with Gasteiger partial charge in [-0.3, -0.25) is 14.6 Å². The van der Waals surface area contributed by atoms with Crippen molar-refractivity contribution in [2.24, 2.45) is 0 Å². The molecule has 2 amide bonds. The summed E-state index contributed by atoms with van der Waals surface area (Å²) in [6.07, 6.45) is 3.18. The molecular weight excluding hydrogens is 308 g/mol. The molecule has 0 radical (unpaired) electrons. The molecule has 0 saturated carbocycles. The van der Waals surface area contributed by atoms with E-state index in [0.29, 0.717) is 26.2 Å². The number of piperazine rings is 1. The molecule has 1 fully saturated rings. The minimum absolute atomic E-state index is 0.218. The SMILES string of the molecule is O=C(NCc1ccccn1)[C@@H]1CNCCN1C(=O)c1cccnn1. The topological polar surface area (TPSA) is 100 Å². The molecule has 1 aliphatic heterocycles. The quantitative estimate of drug-likeness (QED) is 0.793. The van der Waals surface area contributed by atoms with Crippen molar-refractivity contribution in [3.63, 3.8) is 0 Å². The summed E-state index contributed by atoms with van der Waals surface area (Å²) < 4.78 is 0. The third kappa shape index (κ3) is 3.72. The first-order chi connectivity index (χ1) is 11.8. The summed E-state index contributed by atoms with van der Waals surface area (Å²) in [6, 6.07) is 8.18. The average molecular weight is 326 g/mol. The van der Waals surface area contributed by atoms with Crippen molar-refractivity contribution >= 4 is 11.8 Å². The van der Waals surface area contributed by atoms with E-state index in [9.17, 15) is 9.59 Å². The predicted molar refractivity (Wildman–Crippen MR) is 85.8 cm³/mol. The molecular formula is C16H18N6O2. The summed E-state index contributed by atoms with van der Waals surface area (Å²) in [5.74, 6) is -0.507. The van der Waals surface area contributed by atoms with Gasteiger partial charge in [-0.2, -0.15) is 5.10 Å². The molecule has 0 spiro atoms. The van der Waals surface area contributed by atoms with Crippen molar-refractivity contribution in [1.29, 1.82) is 0 Å². The smallest absolute Gasteiger partial charge is 0.275 e. The second-order valence-electron chi connectivity index (χ2n) is 5.37. The maximum Gasteiger partial charge on any atom is 0.275 e. The molecule has 3 rings (SSSR count). The third-order valence-corrected chi connectivity index (χ3v) is 3.77. The Bertz CT molecular complexity index is 694. The average Bonchev–Trinajstić information content (AvgIpc) is 2.67. The standard InChI is InChI=1S/C16H18N6O2/c23-15(19-10-12-4-1-2-6-18-12)14-11-17-8-9-22(14)16(24)13-5-3-7-20-21-13/h1-7,14,17H,8-11H2,(H,19,23)/t14-/m0/s1. The summed E-state index contributed by atoms with van der Waals surface area (Å²) in [6.45, 7) is 1.80. The number of amides is 2. The monoisotopic (exact) mass is 326 g/mol. The van der Waals surface area contributed by atoms with Gasteiger partial charge in [-0.25, -0.2) is 0 Å². The van der Waals surface area contributed by atoms with E-state index in [4.69, 9.17) is 0 Å². The lowest BCUT2D eigenvalue weighted by atomic mass is 10.1. The summed E-state index contributed by atoms with van der Waals surface area (Å²) in [5.41, 5.74) is 1.00. The first kappa shape index (κ1) is 16.0. The largest absolute Gasteiger partial charge is 0.349 e. The number of pyridine rings is 1. The predicted octanol–water partition coefficient (Wildman–Crippen LogP) is -0.398. The Balaban J connectivity index is 1.67. The highest BCUT2D eigenvalue weighted by molar-refractivity contribution is 5.96. The highest BCUT2D eigenvalue weighted by Crippen LogP contribution is 2.09. The van der Waals surface area contributed by atoms with E-state index in [1.165, 1.54) is 11.1 Å². The molecule has 0 aliphatic carbocycles. The molecule has 2 aromatic heterocycles. The fourth-order valence-corrected chi connectivity index (χ4v) is 2.54. The van der Waals surface area contributed by atoms with Gasteiger partial charge in [0.1, 0.15) is 6.04 Å². The van der Waals surface area contributed by atoms with Gasteiger partial charge in [0.2, 0.25) is 5.91 Å². The van der Waals surface area contributed by atoms with Gasteiger partial charge in [0.15, 0.2) is 5.69 Å². The lowest BCUT2D eigenvalue weighted by Crippen LogP contribution is -2.59. The van der Waals surface area contributed by atoms with Crippen LogP contribution in [0.15, 0.2) is 42.7 Å². The van der Waals surface area contributed by atoms with Crippen LogP contribution in [-0.4, -0.2) is 57.6 Å². The zero-order chi connectivity index (χ0) is 16.8. The van der Waals surface area contributed by atoms with Gasteiger partial charge in [-0.1, -0.05) is 6.07 Å². The number of carbonyl (C=O) groups is 2. The van der Waals surface area contributed by atoms with Crippen LogP contribution in [-0.2, 0) is 11.3 Å². The molecule has 3 heterocycles. The number of nitrogens with one attached hydrogen (secondary N) is 2. The minimum atomic E-state index is -0.586. The van der Waals surface area contributed by atoms with E-state index in [2.05, 4.69) is 25.8 Å². The van der Waals surface area contributed by atoms with E-state index in [-0.39, 0.29) is 17.5 Å². The zero-order valence-corrected chi connectivity index (χ0v) is 13.1. The first-order valence-electron chi connectivity index (χ1n) is 7.73. The Morgan fingerprint density at radius 2 is 2.17 bits per heavy atom. The van der Waals surface area contributed by atoms with E-state index in [1.54, 1.807) is 18.3 Å². The van der Waals surface area contributed by atoms with Gasteiger partial charge in [0.25, 0.3) is 5.91 Å². The van der Waals surface area contributed by atoms with E-state index >= 15 is 0 Å². The third-order valence-electron chi connectivity index (χ3n) is 3.77. The Morgan fingerprint density at radius 3 is 2.92 bits per heavy atom. The Kier molecular flexibility index (Phi) is 5.07. The van der Waals surface area contributed by atoms with E-state index in [0.717, 1.165) is 5.69 Å². The zero-order valence-electron chi connectivity index (χ0n) is 13.1. The van der Waals surface area contributed by atoms with Crippen LogP contribution in [0, 0.1) is 0 Å². The molecule has 1 atom stereocenters. The molecule has 24 heavy (non-hydrogen) atoms. The summed E-state index contributed by atoms with van der Waals surface area (Å²) in [7, 11) is 0. The van der Waals surface area contributed by atoms with Crippen molar-refractivity contribution < 1.29 is 9.59 Å². The number of aromatic nitrogens is 3. The summed E-state index contributed by atoms with van der Waals surface area (Å²) in [5, 5.41) is 13.5. The van der Waals surface area contributed by atoms with Gasteiger partial charge in [-0.15, -0.1) is 5.10 Å². The molecule has 0 aromatic carbocycles. The maximum absolute atomic E-state index is 12.6. The van der Waals surface area contributed by atoms with Crippen molar-refractivity contribution in [3.8, 4) is 0 Å². The van der Waals surface area contributed by atoms with Crippen molar-refractivity contribution in [3.05, 3.63) is 54.1 Å². The fourth-order valence-electron chi connectivity index (χ4n) is 2.54. The van der Waals surface area contributed by atoms with Crippen LogP contribution in [0.3, 0.4) is 0 Å². The number of hydrogen-bond acceptors (Lipinski definition) is 6. The summed E-state index contributed by atoms with van der Waals surface area (Å²) >= 11 is 0. The van der Waals surface area contributed by atoms with Gasteiger partial charge in [-0.05, 0) is 24.3 Å². The van der Waals surface area contributed by atoms with Crippen LogP contribution in [0.5, 0.6) is 0 Å². The second kappa shape index (κ2) is 7.60. The van der Waals surface area contributed by atoms with E-state index in [1.807, 2.05) is 18.2 Å². The van der Waals surface area contributed by atoms with E-state index < -0.39 is 6.04 Å². The molecule has 1 aliphatic rings.